The second kappa shape index (κ2) is 6.62. The van der Waals surface area contributed by atoms with Crippen molar-refractivity contribution in [1.29, 1.82) is 0 Å². The quantitative estimate of drug-likeness (QED) is 0.549. The molecular formula is C9H20OSi. The minimum Gasteiger partial charge on any atom is -0.384 e. The van der Waals surface area contributed by atoms with Gasteiger partial charge in [0, 0.05) is 17.4 Å². The van der Waals surface area contributed by atoms with Gasteiger partial charge in [-0.25, -0.2) is 0 Å². The highest BCUT2D eigenvalue weighted by atomic mass is 28.1. The van der Waals surface area contributed by atoms with Crippen LogP contribution in [0, 0.1) is 5.92 Å². The van der Waals surface area contributed by atoms with Crippen molar-refractivity contribution in [3.63, 3.8) is 0 Å². The molecule has 0 saturated heterocycles. The van der Waals surface area contributed by atoms with Gasteiger partial charge in [-0.3, -0.25) is 0 Å². The van der Waals surface area contributed by atoms with Crippen molar-refractivity contribution in [1.82, 2.24) is 0 Å². The fourth-order valence-electron chi connectivity index (χ4n) is 1.12. The van der Waals surface area contributed by atoms with Crippen molar-refractivity contribution in [3.8, 4) is 0 Å². The molecule has 1 atom stereocenters. The lowest BCUT2D eigenvalue weighted by Crippen LogP contribution is -2.10. The first-order valence-electron chi connectivity index (χ1n) is 4.36. The molecule has 0 saturated carbocycles. The predicted octanol–water partition coefficient (Wildman–Crippen LogP) is 1.32. The third-order valence-corrected chi connectivity index (χ3v) is 2.79. The van der Waals surface area contributed by atoms with Crippen molar-refractivity contribution < 1.29 is 4.74 Å². The van der Waals surface area contributed by atoms with Crippen LogP contribution < -0.4 is 0 Å². The number of rotatable bonds is 6. The molecule has 0 aromatic heterocycles. The van der Waals surface area contributed by atoms with E-state index in [2.05, 4.69) is 13.5 Å². The zero-order chi connectivity index (χ0) is 8.69. The normalized spacial score (nSPS) is 13.3. The van der Waals surface area contributed by atoms with Crippen LogP contribution in [0.5, 0.6) is 0 Å². The Morgan fingerprint density at radius 3 is 2.64 bits per heavy atom. The minimum absolute atomic E-state index is 0.631. The molecule has 1 unspecified atom stereocenters. The molecule has 0 spiro atoms. The average Bonchev–Trinajstić information content (AvgIpc) is 1.97. The highest BCUT2D eigenvalue weighted by molar-refractivity contribution is 6.21. The molecule has 0 amide bonds. The number of hydrogen-bond donors (Lipinski definition) is 0. The lowest BCUT2D eigenvalue weighted by Gasteiger charge is -2.14. The highest BCUT2D eigenvalue weighted by Gasteiger charge is 2.07. The number of hydrogen-bond acceptors (Lipinski definition) is 1. The molecule has 0 N–H and O–H groups in total. The van der Waals surface area contributed by atoms with E-state index in [0.29, 0.717) is 5.92 Å². The molecule has 0 heterocycles. The molecule has 0 aromatic carbocycles. The van der Waals surface area contributed by atoms with Crippen LogP contribution in [0.1, 0.15) is 26.2 Å². The van der Waals surface area contributed by atoms with Gasteiger partial charge in [0.15, 0.2) is 0 Å². The van der Waals surface area contributed by atoms with Crippen LogP contribution in [0.15, 0.2) is 11.8 Å². The van der Waals surface area contributed by atoms with Crippen molar-refractivity contribution >= 4 is 10.2 Å². The summed E-state index contributed by atoms with van der Waals surface area (Å²) >= 11 is 0. The SMILES string of the molecule is C=C([SiH3])C(CCCC)COC. The van der Waals surface area contributed by atoms with E-state index in [1.54, 1.807) is 7.11 Å². The Morgan fingerprint density at radius 2 is 2.27 bits per heavy atom. The maximum Gasteiger partial charge on any atom is 0.0523 e. The van der Waals surface area contributed by atoms with Gasteiger partial charge in [-0.1, -0.05) is 25.0 Å². The van der Waals surface area contributed by atoms with Crippen LogP contribution in [-0.4, -0.2) is 24.0 Å². The molecular weight excluding hydrogens is 152 g/mol. The van der Waals surface area contributed by atoms with Crippen LogP contribution in [0.2, 0.25) is 0 Å². The zero-order valence-electron chi connectivity index (χ0n) is 8.02. The van der Waals surface area contributed by atoms with Gasteiger partial charge in [-0.2, -0.15) is 0 Å². The van der Waals surface area contributed by atoms with E-state index in [0.717, 1.165) is 16.8 Å². The summed E-state index contributed by atoms with van der Waals surface area (Å²) in [6.07, 6.45) is 3.83. The standard InChI is InChI=1S/C9H20OSi/c1-4-5-6-9(7-10-3)8(2)11/h9H,2,4-7H2,1,3,11H3. The van der Waals surface area contributed by atoms with E-state index >= 15 is 0 Å². The fourth-order valence-corrected chi connectivity index (χ4v) is 1.58. The van der Waals surface area contributed by atoms with E-state index in [9.17, 15) is 0 Å². The molecule has 0 aliphatic rings. The Balaban J connectivity index is 3.60. The van der Waals surface area contributed by atoms with Crippen LogP contribution in [0.3, 0.4) is 0 Å². The first-order chi connectivity index (χ1) is 5.22. The van der Waals surface area contributed by atoms with E-state index in [-0.39, 0.29) is 0 Å². The number of ether oxygens (including phenoxy) is 1. The third-order valence-electron chi connectivity index (χ3n) is 1.97. The summed E-state index contributed by atoms with van der Waals surface area (Å²) in [4.78, 5) is 0. The van der Waals surface area contributed by atoms with E-state index in [4.69, 9.17) is 4.74 Å². The summed E-state index contributed by atoms with van der Waals surface area (Å²) in [5.41, 5.74) is 0. The number of unbranched alkanes of at least 4 members (excludes halogenated alkanes) is 1. The zero-order valence-corrected chi connectivity index (χ0v) is 10.0. The summed E-state index contributed by atoms with van der Waals surface area (Å²) < 4.78 is 5.12. The van der Waals surface area contributed by atoms with Crippen LogP contribution in [-0.2, 0) is 4.74 Å². The van der Waals surface area contributed by atoms with Gasteiger partial charge in [0.2, 0.25) is 0 Å². The van der Waals surface area contributed by atoms with E-state index < -0.39 is 0 Å². The van der Waals surface area contributed by atoms with E-state index in [1.807, 2.05) is 0 Å². The molecule has 0 bridgehead atoms. The van der Waals surface area contributed by atoms with Gasteiger partial charge in [-0.15, -0.1) is 6.58 Å². The molecule has 0 aliphatic carbocycles. The van der Waals surface area contributed by atoms with Gasteiger partial charge in [0.05, 0.1) is 6.61 Å². The summed E-state index contributed by atoms with van der Waals surface area (Å²) in [7, 11) is 2.88. The van der Waals surface area contributed by atoms with Gasteiger partial charge in [0.25, 0.3) is 0 Å². The first kappa shape index (κ1) is 10.9. The van der Waals surface area contributed by atoms with Crippen LogP contribution in [0.4, 0.5) is 0 Å². The largest absolute Gasteiger partial charge is 0.384 e. The fraction of sp³-hybridized carbons (Fsp3) is 0.778. The van der Waals surface area contributed by atoms with Gasteiger partial charge in [-0.05, 0) is 12.3 Å². The minimum atomic E-state index is 0.631. The van der Waals surface area contributed by atoms with E-state index in [1.165, 1.54) is 24.5 Å². The summed E-state index contributed by atoms with van der Waals surface area (Å²) in [6, 6.07) is 0. The average molecular weight is 172 g/mol. The lowest BCUT2D eigenvalue weighted by atomic mass is 10.0. The second-order valence-electron chi connectivity index (χ2n) is 3.14. The van der Waals surface area contributed by atoms with Crippen molar-refractivity contribution in [3.05, 3.63) is 11.8 Å². The molecule has 66 valence electrons. The molecule has 0 fully saturated rings. The van der Waals surface area contributed by atoms with Crippen LogP contribution in [0.25, 0.3) is 0 Å². The second-order valence-corrected chi connectivity index (χ2v) is 4.43. The van der Waals surface area contributed by atoms with Gasteiger partial charge >= 0.3 is 0 Å². The maximum absolute atomic E-state index is 5.12. The Labute approximate surface area is 73.3 Å². The van der Waals surface area contributed by atoms with Crippen molar-refractivity contribution in [2.45, 2.75) is 26.2 Å². The Bertz CT molecular complexity index is 112. The summed E-state index contributed by atoms with van der Waals surface area (Å²) in [6.45, 7) is 7.09. The molecule has 11 heavy (non-hydrogen) atoms. The van der Waals surface area contributed by atoms with Crippen molar-refractivity contribution in [2.75, 3.05) is 13.7 Å². The molecule has 0 aliphatic heterocycles. The Kier molecular flexibility index (Phi) is 6.57. The third kappa shape index (κ3) is 5.22. The topological polar surface area (TPSA) is 9.23 Å². The Hall–Kier alpha value is -0.0831. The van der Waals surface area contributed by atoms with Gasteiger partial charge < -0.3 is 4.74 Å². The smallest absolute Gasteiger partial charge is 0.0523 e. The maximum atomic E-state index is 5.12. The van der Waals surface area contributed by atoms with Crippen LogP contribution >= 0.6 is 0 Å². The van der Waals surface area contributed by atoms with Crippen molar-refractivity contribution in [2.24, 2.45) is 5.92 Å². The molecule has 0 radical (unpaired) electrons. The number of methoxy groups -OCH3 is 1. The molecule has 2 heteroatoms. The molecule has 1 nitrogen and oxygen atoms in total. The lowest BCUT2D eigenvalue weighted by molar-refractivity contribution is 0.164. The Morgan fingerprint density at radius 1 is 1.64 bits per heavy atom. The summed E-state index contributed by atoms with van der Waals surface area (Å²) in [5, 5.41) is 1.39. The monoisotopic (exact) mass is 172 g/mol. The highest BCUT2D eigenvalue weighted by Crippen LogP contribution is 2.14. The predicted molar refractivity (Wildman–Crippen MR) is 54.0 cm³/mol. The summed E-state index contributed by atoms with van der Waals surface area (Å²) in [5.74, 6) is 0.631. The molecule has 0 aromatic rings. The molecule has 0 rings (SSSR count). The first-order valence-corrected chi connectivity index (χ1v) is 5.36. The van der Waals surface area contributed by atoms with Gasteiger partial charge in [0.1, 0.15) is 0 Å².